The largest absolute Gasteiger partial charge is 0.321 e. The first-order valence-electron chi connectivity index (χ1n) is 7.80. The fraction of sp³-hybridized carbons (Fsp3) is 0.158. The van der Waals surface area contributed by atoms with Crippen molar-refractivity contribution < 1.29 is 4.79 Å². The molecular weight excluding hydrogens is 354 g/mol. The van der Waals surface area contributed by atoms with E-state index in [1.165, 1.54) is 11.3 Å². The first-order valence-corrected chi connectivity index (χ1v) is 8.99. The molecule has 0 aliphatic heterocycles. The Bertz CT molecular complexity index is 908. The highest BCUT2D eigenvalue weighted by Gasteiger charge is 2.19. The standard InChI is InChI=1S/C19H18ClN3OS/c1-12-15(20)10-7-11-16(12)22-18(24)17-13(2)21-19(25-17)23(3)14-8-5-4-6-9-14/h4-11H,1-3H3,(H,22,24). The highest BCUT2D eigenvalue weighted by molar-refractivity contribution is 7.17. The highest BCUT2D eigenvalue weighted by atomic mass is 35.5. The number of nitrogens with one attached hydrogen (secondary N) is 1. The third kappa shape index (κ3) is 3.67. The van der Waals surface area contributed by atoms with Crippen LogP contribution in [0.2, 0.25) is 5.02 Å². The van der Waals surface area contributed by atoms with Crippen molar-refractivity contribution in [2.24, 2.45) is 0 Å². The van der Waals surface area contributed by atoms with E-state index >= 15 is 0 Å². The van der Waals surface area contributed by atoms with Crippen molar-refractivity contribution in [3.8, 4) is 0 Å². The topological polar surface area (TPSA) is 45.2 Å². The molecule has 6 heteroatoms. The maximum atomic E-state index is 12.7. The Morgan fingerprint density at radius 3 is 2.56 bits per heavy atom. The summed E-state index contributed by atoms with van der Waals surface area (Å²) >= 11 is 7.49. The molecule has 1 heterocycles. The number of rotatable bonds is 4. The molecule has 0 aliphatic rings. The van der Waals surface area contributed by atoms with Crippen molar-refractivity contribution in [3.05, 3.63) is 69.7 Å². The molecule has 1 amide bonds. The minimum absolute atomic E-state index is 0.173. The summed E-state index contributed by atoms with van der Waals surface area (Å²) in [5, 5.41) is 4.33. The molecule has 4 nitrogen and oxygen atoms in total. The van der Waals surface area contributed by atoms with Crippen LogP contribution < -0.4 is 10.2 Å². The molecule has 0 unspecified atom stereocenters. The summed E-state index contributed by atoms with van der Waals surface area (Å²) in [6.45, 7) is 3.73. The first kappa shape index (κ1) is 17.5. The summed E-state index contributed by atoms with van der Waals surface area (Å²) in [4.78, 5) is 19.8. The van der Waals surface area contributed by atoms with Crippen LogP contribution in [0.15, 0.2) is 48.5 Å². The number of anilines is 3. The van der Waals surface area contributed by atoms with Crippen molar-refractivity contribution in [2.45, 2.75) is 13.8 Å². The van der Waals surface area contributed by atoms with E-state index < -0.39 is 0 Å². The number of hydrogen-bond acceptors (Lipinski definition) is 4. The van der Waals surface area contributed by atoms with Crippen molar-refractivity contribution in [1.29, 1.82) is 0 Å². The number of halogens is 1. The fourth-order valence-electron chi connectivity index (χ4n) is 2.42. The second kappa shape index (κ2) is 7.25. The molecule has 3 aromatic rings. The summed E-state index contributed by atoms with van der Waals surface area (Å²) in [6.07, 6.45) is 0. The van der Waals surface area contributed by atoms with Crippen molar-refractivity contribution in [2.75, 3.05) is 17.3 Å². The number of para-hydroxylation sites is 1. The van der Waals surface area contributed by atoms with Gasteiger partial charge in [-0.15, -0.1) is 0 Å². The molecule has 0 saturated heterocycles. The Hall–Kier alpha value is -2.37. The van der Waals surface area contributed by atoms with E-state index in [-0.39, 0.29) is 5.91 Å². The van der Waals surface area contributed by atoms with Gasteiger partial charge in [-0.25, -0.2) is 4.98 Å². The minimum Gasteiger partial charge on any atom is -0.321 e. The van der Waals surface area contributed by atoms with Gasteiger partial charge in [0.2, 0.25) is 0 Å². The van der Waals surface area contributed by atoms with E-state index in [1.807, 2.05) is 68.3 Å². The minimum atomic E-state index is -0.173. The second-order valence-electron chi connectivity index (χ2n) is 5.67. The normalized spacial score (nSPS) is 10.6. The molecule has 0 fully saturated rings. The number of hydrogen-bond donors (Lipinski definition) is 1. The van der Waals surface area contributed by atoms with Crippen LogP contribution in [-0.2, 0) is 0 Å². The van der Waals surface area contributed by atoms with Gasteiger partial charge in [-0.1, -0.05) is 47.2 Å². The summed E-state index contributed by atoms with van der Waals surface area (Å²) in [5.41, 5.74) is 3.29. The van der Waals surface area contributed by atoms with E-state index in [0.717, 1.165) is 16.4 Å². The lowest BCUT2D eigenvalue weighted by atomic mass is 10.2. The molecule has 128 valence electrons. The van der Waals surface area contributed by atoms with Gasteiger partial charge < -0.3 is 10.2 Å². The van der Waals surface area contributed by atoms with Gasteiger partial charge in [0.05, 0.1) is 5.69 Å². The fourth-order valence-corrected chi connectivity index (χ4v) is 3.54. The monoisotopic (exact) mass is 371 g/mol. The molecule has 0 radical (unpaired) electrons. The van der Waals surface area contributed by atoms with Crippen molar-refractivity contribution in [1.82, 2.24) is 4.98 Å². The average Bonchev–Trinajstić information content (AvgIpc) is 3.01. The Balaban J connectivity index is 1.85. The molecule has 25 heavy (non-hydrogen) atoms. The van der Waals surface area contributed by atoms with Crippen LogP contribution in [0.4, 0.5) is 16.5 Å². The highest BCUT2D eigenvalue weighted by Crippen LogP contribution is 2.31. The molecule has 2 aromatic carbocycles. The predicted molar refractivity (Wildman–Crippen MR) is 105 cm³/mol. The Morgan fingerprint density at radius 2 is 1.84 bits per heavy atom. The lowest BCUT2D eigenvalue weighted by molar-refractivity contribution is 0.102. The summed E-state index contributed by atoms with van der Waals surface area (Å²) in [7, 11) is 1.94. The number of benzene rings is 2. The van der Waals surface area contributed by atoms with Crippen molar-refractivity contribution >= 4 is 45.4 Å². The smallest absolute Gasteiger partial charge is 0.267 e. The van der Waals surface area contributed by atoms with E-state index in [1.54, 1.807) is 6.07 Å². The Labute approximate surface area is 156 Å². The SMILES string of the molecule is Cc1nc(N(C)c2ccccc2)sc1C(=O)Nc1cccc(Cl)c1C. The van der Waals surface area contributed by atoms with E-state index in [0.29, 0.717) is 21.3 Å². The third-order valence-electron chi connectivity index (χ3n) is 3.94. The zero-order chi connectivity index (χ0) is 18.0. The predicted octanol–water partition coefficient (Wildman–Crippen LogP) is 5.43. The maximum absolute atomic E-state index is 12.7. The summed E-state index contributed by atoms with van der Waals surface area (Å²) in [5.74, 6) is -0.173. The number of nitrogens with zero attached hydrogens (tertiary/aromatic N) is 2. The zero-order valence-electron chi connectivity index (χ0n) is 14.2. The third-order valence-corrected chi connectivity index (χ3v) is 5.58. The van der Waals surface area contributed by atoms with Gasteiger partial charge in [-0.2, -0.15) is 0 Å². The van der Waals surface area contributed by atoms with Crippen LogP contribution in [0.5, 0.6) is 0 Å². The van der Waals surface area contributed by atoms with Crippen molar-refractivity contribution in [3.63, 3.8) is 0 Å². The number of amides is 1. The second-order valence-corrected chi connectivity index (χ2v) is 7.06. The molecule has 0 atom stereocenters. The molecule has 0 saturated carbocycles. The van der Waals surface area contributed by atoms with Gasteiger partial charge >= 0.3 is 0 Å². The number of aryl methyl sites for hydroxylation is 1. The lowest BCUT2D eigenvalue weighted by Gasteiger charge is -2.15. The van der Waals surface area contributed by atoms with Crippen LogP contribution in [0.3, 0.4) is 0 Å². The van der Waals surface area contributed by atoms with Crippen LogP contribution in [0.1, 0.15) is 20.9 Å². The number of thiazole rings is 1. The molecular formula is C19H18ClN3OS. The zero-order valence-corrected chi connectivity index (χ0v) is 15.8. The molecule has 1 N–H and O–H groups in total. The van der Waals surface area contributed by atoms with Crippen LogP contribution in [0, 0.1) is 13.8 Å². The van der Waals surface area contributed by atoms with Crippen LogP contribution in [-0.4, -0.2) is 17.9 Å². The molecule has 3 rings (SSSR count). The average molecular weight is 372 g/mol. The van der Waals surface area contributed by atoms with Gasteiger partial charge in [0.25, 0.3) is 5.91 Å². The summed E-state index contributed by atoms with van der Waals surface area (Å²) in [6, 6.07) is 15.4. The number of carbonyl (C=O) groups excluding carboxylic acids is 1. The van der Waals surface area contributed by atoms with Gasteiger partial charge in [0.1, 0.15) is 4.88 Å². The van der Waals surface area contributed by atoms with E-state index in [9.17, 15) is 4.79 Å². The lowest BCUT2D eigenvalue weighted by Crippen LogP contribution is -2.12. The van der Waals surface area contributed by atoms with Gasteiger partial charge in [-0.3, -0.25) is 4.79 Å². The van der Waals surface area contributed by atoms with Crippen LogP contribution in [0.25, 0.3) is 0 Å². The summed E-state index contributed by atoms with van der Waals surface area (Å²) < 4.78 is 0. The maximum Gasteiger partial charge on any atom is 0.267 e. The molecule has 0 bridgehead atoms. The van der Waals surface area contributed by atoms with Gasteiger partial charge in [0.15, 0.2) is 5.13 Å². The number of aromatic nitrogens is 1. The Kier molecular flexibility index (Phi) is 5.06. The quantitative estimate of drug-likeness (QED) is 0.664. The molecule has 0 aliphatic carbocycles. The van der Waals surface area contributed by atoms with Gasteiger partial charge in [-0.05, 0) is 43.7 Å². The first-order chi connectivity index (χ1) is 12.0. The Morgan fingerprint density at radius 1 is 1.12 bits per heavy atom. The number of carbonyl (C=O) groups is 1. The van der Waals surface area contributed by atoms with Crippen LogP contribution >= 0.6 is 22.9 Å². The van der Waals surface area contributed by atoms with E-state index in [4.69, 9.17) is 11.6 Å². The molecule has 0 spiro atoms. The van der Waals surface area contributed by atoms with E-state index in [2.05, 4.69) is 10.3 Å². The van der Waals surface area contributed by atoms with Gasteiger partial charge in [0, 0.05) is 23.4 Å². The molecule has 1 aromatic heterocycles.